The first kappa shape index (κ1) is 17.4. The van der Waals surface area contributed by atoms with Gasteiger partial charge in [-0.3, -0.25) is 0 Å². The normalized spacial score (nSPS) is 20.0. The smallest absolute Gasteiger partial charge is 0.143 e. The molecule has 5 nitrogen and oxygen atoms in total. The van der Waals surface area contributed by atoms with E-state index in [-0.39, 0.29) is 12.2 Å². The van der Waals surface area contributed by atoms with Gasteiger partial charge in [-0.15, -0.1) is 0 Å². The highest BCUT2D eigenvalue weighted by atomic mass is 16.6. The molecule has 5 heteroatoms. The molecule has 0 radical (unpaired) electrons. The Morgan fingerprint density at radius 1 is 0.742 bits per heavy atom. The van der Waals surface area contributed by atoms with Crippen LogP contribution in [0.4, 0.5) is 0 Å². The van der Waals surface area contributed by atoms with Crippen LogP contribution in [0, 0.1) is 0 Å². The Hall–Kier alpha value is -3.28. The maximum absolute atomic E-state index is 6.37. The monoisotopic (exact) mass is 412 g/mol. The molecule has 2 fully saturated rings. The Bertz CT molecular complexity index is 1460. The van der Waals surface area contributed by atoms with Gasteiger partial charge in [0.2, 0.25) is 0 Å². The molecule has 0 bridgehead atoms. The van der Waals surface area contributed by atoms with Gasteiger partial charge in [-0.2, -0.15) is 0 Å². The standard InChI is InChI=1S/C26H20O5/c1-2-4-20-19(3-1)24(30-14-18-13-29-18)10-22-25-21-9-16(27-11-17-12-28-17)7-5-15(21)6-8-23(25)31-26(20)22/h1-10,17-18H,11-14H2. The third-order valence-corrected chi connectivity index (χ3v) is 6.06. The predicted octanol–water partition coefficient (Wildman–Crippen LogP) is 5.45. The highest BCUT2D eigenvalue weighted by Crippen LogP contribution is 2.42. The summed E-state index contributed by atoms with van der Waals surface area (Å²) >= 11 is 0. The lowest BCUT2D eigenvalue weighted by molar-refractivity contribution is 0.263. The second kappa shape index (κ2) is 6.61. The van der Waals surface area contributed by atoms with Crippen LogP contribution in [0.3, 0.4) is 0 Å². The molecule has 2 saturated heterocycles. The van der Waals surface area contributed by atoms with E-state index in [2.05, 4.69) is 36.4 Å². The van der Waals surface area contributed by atoms with Gasteiger partial charge in [0.25, 0.3) is 0 Å². The highest BCUT2D eigenvalue weighted by Gasteiger charge is 2.25. The molecule has 3 heterocycles. The fraction of sp³-hybridized carbons (Fsp3) is 0.231. The summed E-state index contributed by atoms with van der Waals surface area (Å²) in [5.74, 6) is 1.70. The fourth-order valence-corrected chi connectivity index (χ4v) is 4.27. The topological polar surface area (TPSA) is 56.7 Å². The summed E-state index contributed by atoms with van der Waals surface area (Å²) in [4.78, 5) is 0. The van der Waals surface area contributed by atoms with Gasteiger partial charge in [-0.05, 0) is 35.0 Å². The number of ether oxygens (including phenoxy) is 4. The van der Waals surface area contributed by atoms with E-state index in [1.165, 1.54) is 0 Å². The highest BCUT2D eigenvalue weighted by molar-refractivity contribution is 6.24. The summed E-state index contributed by atoms with van der Waals surface area (Å²) in [6.45, 7) is 2.70. The molecule has 2 aliphatic heterocycles. The van der Waals surface area contributed by atoms with E-state index in [9.17, 15) is 0 Å². The van der Waals surface area contributed by atoms with Crippen LogP contribution < -0.4 is 9.47 Å². The van der Waals surface area contributed by atoms with E-state index >= 15 is 0 Å². The molecule has 31 heavy (non-hydrogen) atoms. The Morgan fingerprint density at radius 3 is 2.29 bits per heavy atom. The largest absolute Gasteiger partial charge is 0.491 e. The van der Waals surface area contributed by atoms with Gasteiger partial charge < -0.3 is 23.4 Å². The van der Waals surface area contributed by atoms with Crippen molar-refractivity contribution < 1.29 is 23.4 Å². The van der Waals surface area contributed by atoms with Gasteiger partial charge in [-0.25, -0.2) is 0 Å². The minimum absolute atomic E-state index is 0.200. The van der Waals surface area contributed by atoms with Crippen LogP contribution in [-0.4, -0.2) is 38.6 Å². The second-order valence-corrected chi connectivity index (χ2v) is 8.25. The van der Waals surface area contributed by atoms with Crippen LogP contribution in [0.25, 0.3) is 43.5 Å². The summed E-state index contributed by atoms with van der Waals surface area (Å²) in [5.41, 5.74) is 1.74. The van der Waals surface area contributed by atoms with Crippen LogP contribution in [0.2, 0.25) is 0 Å². The molecule has 2 atom stereocenters. The lowest BCUT2D eigenvalue weighted by Crippen LogP contribution is -2.04. The number of furan rings is 1. The molecule has 0 spiro atoms. The molecule has 2 unspecified atom stereocenters. The van der Waals surface area contributed by atoms with E-state index in [0.717, 1.165) is 68.2 Å². The first-order chi connectivity index (χ1) is 15.3. The van der Waals surface area contributed by atoms with Gasteiger partial charge in [0, 0.05) is 21.5 Å². The van der Waals surface area contributed by atoms with E-state index in [0.29, 0.717) is 13.2 Å². The summed E-state index contributed by atoms with van der Waals surface area (Å²) in [7, 11) is 0. The van der Waals surface area contributed by atoms with Crippen molar-refractivity contribution in [2.75, 3.05) is 26.4 Å². The Labute approximate surface area is 178 Å². The molecule has 0 aliphatic carbocycles. The van der Waals surface area contributed by atoms with Crippen molar-refractivity contribution >= 4 is 43.5 Å². The van der Waals surface area contributed by atoms with Crippen LogP contribution in [0.5, 0.6) is 11.5 Å². The number of hydrogen-bond acceptors (Lipinski definition) is 5. The van der Waals surface area contributed by atoms with E-state index in [1.807, 2.05) is 24.3 Å². The van der Waals surface area contributed by atoms with Crippen molar-refractivity contribution in [2.45, 2.75) is 12.2 Å². The third kappa shape index (κ3) is 3.00. The predicted molar refractivity (Wildman–Crippen MR) is 119 cm³/mol. The van der Waals surface area contributed by atoms with E-state index in [4.69, 9.17) is 23.4 Å². The zero-order valence-corrected chi connectivity index (χ0v) is 16.8. The van der Waals surface area contributed by atoms with Crippen molar-refractivity contribution in [3.63, 3.8) is 0 Å². The Kier molecular flexibility index (Phi) is 3.71. The van der Waals surface area contributed by atoms with Gasteiger partial charge in [0.1, 0.15) is 48.1 Å². The third-order valence-electron chi connectivity index (χ3n) is 6.06. The number of fused-ring (bicyclic) bond motifs is 7. The minimum Gasteiger partial charge on any atom is -0.491 e. The van der Waals surface area contributed by atoms with Crippen molar-refractivity contribution in [3.8, 4) is 11.5 Å². The van der Waals surface area contributed by atoms with Crippen molar-refractivity contribution in [2.24, 2.45) is 0 Å². The lowest BCUT2D eigenvalue weighted by atomic mass is 10.0. The molecule has 0 amide bonds. The summed E-state index contributed by atoms with van der Waals surface area (Å²) < 4.78 is 29.1. The minimum atomic E-state index is 0.200. The summed E-state index contributed by atoms with van der Waals surface area (Å²) in [6.07, 6.45) is 0.425. The lowest BCUT2D eigenvalue weighted by Gasteiger charge is -2.09. The SMILES string of the molecule is c1ccc2c(c1)c(OCC1CO1)cc1c2oc2ccc3ccc(OCC4CO4)cc3c21. The summed E-state index contributed by atoms with van der Waals surface area (Å²) in [5, 5.41) is 6.49. The average Bonchev–Trinajstić information content (AvgIpc) is 3.74. The fourth-order valence-electron chi connectivity index (χ4n) is 4.27. The summed E-state index contributed by atoms with van der Waals surface area (Å²) in [6, 6.07) is 20.7. The zero-order chi connectivity index (χ0) is 20.4. The molecule has 154 valence electrons. The molecule has 2 aliphatic rings. The first-order valence-electron chi connectivity index (χ1n) is 10.6. The average molecular weight is 412 g/mol. The Morgan fingerprint density at radius 2 is 1.48 bits per heavy atom. The maximum Gasteiger partial charge on any atom is 0.143 e. The van der Waals surface area contributed by atoms with E-state index < -0.39 is 0 Å². The van der Waals surface area contributed by atoms with Crippen LogP contribution in [0.15, 0.2) is 65.1 Å². The molecule has 0 N–H and O–H groups in total. The molecule has 0 saturated carbocycles. The van der Waals surface area contributed by atoms with Gasteiger partial charge in [-0.1, -0.05) is 36.4 Å². The number of hydrogen-bond donors (Lipinski definition) is 0. The quantitative estimate of drug-likeness (QED) is 0.347. The molecule has 5 aromatic rings. The van der Waals surface area contributed by atoms with Crippen LogP contribution >= 0.6 is 0 Å². The van der Waals surface area contributed by atoms with Crippen molar-refractivity contribution in [3.05, 3.63) is 60.7 Å². The van der Waals surface area contributed by atoms with Crippen molar-refractivity contribution in [1.82, 2.24) is 0 Å². The molecular formula is C26H20O5. The van der Waals surface area contributed by atoms with E-state index in [1.54, 1.807) is 0 Å². The number of epoxide rings is 2. The first-order valence-corrected chi connectivity index (χ1v) is 10.6. The van der Waals surface area contributed by atoms with Crippen molar-refractivity contribution in [1.29, 1.82) is 0 Å². The number of benzene rings is 4. The Balaban J connectivity index is 1.46. The van der Waals surface area contributed by atoms with Gasteiger partial charge >= 0.3 is 0 Å². The zero-order valence-electron chi connectivity index (χ0n) is 16.8. The molecule has 7 rings (SSSR count). The van der Waals surface area contributed by atoms with Crippen LogP contribution in [0.1, 0.15) is 0 Å². The van der Waals surface area contributed by atoms with Crippen LogP contribution in [-0.2, 0) is 9.47 Å². The van der Waals surface area contributed by atoms with Gasteiger partial charge in [0.05, 0.1) is 13.2 Å². The van der Waals surface area contributed by atoms with Gasteiger partial charge in [0.15, 0.2) is 0 Å². The second-order valence-electron chi connectivity index (χ2n) is 8.25. The molecule has 1 aromatic heterocycles. The number of rotatable bonds is 6. The molecule has 4 aromatic carbocycles. The maximum atomic E-state index is 6.37. The molecular weight excluding hydrogens is 392 g/mol.